The van der Waals surface area contributed by atoms with Gasteiger partial charge < -0.3 is 25.2 Å². The number of carbonyl (C=O) groups is 2. The van der Waals surface area contributed by atoms with Crippen LogP contribution in [-0.4, -0.2) is 73.6 Å². The molecule has 3 aromatic rings. The molecule has 2 fully saturated rings. The van der Waals surface area contributed by atoms with E-state index in [1.807, 2.05) is 30.5 Å². The first-order valence-electron chi connectivity index (χ1n) is 13.2. The number of rotatable bonds is 7. The third-order valence-electron chi connectivity index (χ3n) is 7.81. The van der Waals surface area contributed by atoms with Crippen molar-refractivity contribution < 1.29 is 14.7 Å². The molecule has 1 saturated heterocycles. The quantitative estimate of drug-likeness (QED) is 0.348. The summed E-state index contributed by atoms with van der Waals surface area (Å²) in [5.41, 5.74) is 2.58. The topological polar surface area (TPSA) is 114 Å². The molecule has 1 aliphatic carbocycles. The van der Waals surface area contributed by atoms with Crippen molar-refractivity contribution in [1.29, 1.82) is 0 Å². The van der Waals surface area contributed by atoms with E-state index >= 15 is 0 Å². The maximum Gasteiger partial charge on any atom is 0.407 e. The molecule has 3 N–H and O–H groups in total. The Balaban J connectivity index is 1.25. The van der Waals surface area contributed by atoms with Gasteiger partial charge in [-0.3, -0.25) is 4.79 Å². The van der Waals surface area contributed by atoms with Crippen LogP contribution in [0.25, 0.3) is 22.2 Å². The van der Waals surface area contributed by atoms with Gasteiger partial charge in [-0.25, -0.2) is 14.8 Å². The Kier molecular flexibility index (Phi) is 7.83. The van der Waals surface area contributed by atoms with Crippen molar-refractivity contribution in [3.05, 3.63) is 54.3 Å². The van der Waals surface area contributed by atoms with Crippen molar-refractivity contribution in [2.75, 3.05) is 25.0 Å². The number of carboxylic acid groups (broad SMARTS) is 1. The van der Waals surface area contributed by atoms with E-state index in [1.165, 1.54) is 6.08 Å². The number of H-pyrrole nitrogens is 1. The summed E-state index contributed by atoms with van der Waals surface area (Å²) in [7, 11) is 0. The Morgan fingerprint density at radius 1 is 1.24 bits per heavy atom. The molecule has 3 heterocycles. The van der Waals surface area contributed by atoms with E-state index in [0.717, 1.165) is 48.6 Å². The standard InChI is InChI=1S/C28H33ClN6O3/c1-2-25(36)34-12-10-18(11-13-34)17-35(28(37)38)20-7-5-6-19(14-20)32-27-31-16-23(29)26(33-27)22-15-30-24-9-4-3-8-21(22)24/h2-4,8-9,15-16,18-20,30H,1,5-7,10-14,17H2,(H,37,38)(H,31,32,33)/t19-,20+/m1/s1. The van der Waals surface area contributed by atoms with Crippen LogP contribution < -0.4 is 5.32 Å². The monoisotopic (exact) mass is 536 g/mol. The van der Waals surface area contributed by atoms with Gasteiger partial charge in [0.05, 0.1) is 16.9 Å². The number of fused-ring (bicyclic) bond motifs is 1. The number of halogens is 1. The summed E-state index contributed by atoms with van der Waals surface area (Å²) in [6, 6.07) is 7.97. The van der Waals surface area contributed by atoms with Crippen molar-refractivity contribution in [2.24, 2.45) is 5.92 Å². The van der Waals surface area contributed by atoms with Crippen LogP contribution in [0.15, 0.2) is 49.3 Å². The van der Waals surface area contributed by atoms with E-state index in [-0.39, 0.29) is 23.9 Å². The van der Waals surface area contributed by atoms with Gasteiger partial charge in [0.15, 0.2) is 0 Å². The molecule has 9 nitrogen and oxygen atoms in total. The summed E-state index contributed by atoms with van der Waals surface area (Å²) in [5.74, 6) is 0.671. The number of para-hydroxylation sites is 1. The highest BCUT2D eigenvalue weighted by atomic mass is 35.5. The highest BCUT2D eigenvalue weighted by Crippen LogP contribution is 2.33. The first-order chi connectivity index (χ1) is 18.4. The number of benzene rings is 1. The molecule has 2 aliphatic rings. The zero-order chi connectivity index (χ0) is 26.6. The Morgan fingerprint density at radius 3 is 2.79 bits per heavy atom. The van der Waals surface area contributed by atoms with Crippen LogP contribution >= 0.6 is 11.6 Å². The molecule has 38 heavy (non-hydrogen) atoms. The largest absolute Gasteiger partial charge is 0.465 e. The van der Waals surface area contributed by atoms with Gasteiger partial charge in [-0.05, 0) is 56.6 Å². The second-order valence-corrected chi connectivity index (χ2v) is 10.6. The number of piperidine rings is 1. The van der Waals surface area contributed by atoms with Crippen LogP contribution in [0.5, 0.6) is 0 Å². The number of aromatic amines is 1. The fraction of sp³-hybridized carbons (Fsp3) is 0.429. The van der Waals surface area contributed by atoms with Crippen molar-refractivity contribution in [2.45, 2.75) is 50.6 Å². The Hall–Kier alpha value is -3.59. The number of anilines is 1. The smallest absolute Gasteiger partial charge is 0.407 e. The van der Waals surface area contributed by atoms with Gasteiger partial charge in [0.2, 0.25) is 11.9 Å². The van der Waals surface area contributed by atoms with E-state index in [0.29, 0.717) is 42.7 Å². The minimum absolute atomic E-state index is 0.0552. The number of amides is 2. The molecular weight excluding hydrogens is 504 g/mol. The van der Waals surface area contributed by atoms with Crippen LogP contribution in [0.3, 0.4) is 0 Å². The van der Waals surface area contributed by atoms with Crippen molar-refractivity contribution in [3.8, 4) is 11.3 Å². The second-order valence-electron chi connectivity index (χ2n) is 10.2. The molecule has 2 aromatic heterocycles. The number of aromatic nitrogens is 3. The Bertz CT molecular complexity index is 1320. The molecule has 0 unspecified atom stereocenters. The first kappa shape index (κ1) is 26.0. The van der Waals surface area contributed by atoms with Gasteiger partial charge in [0.25, 0.3) is 0 Å². The van der Waals surface area contributed by atoms with Crippen LogP contribution in [0.1, 0.15) is 38.5 Å². The minimum Gasteiger partial charge on any atom is -0.465 e. The number of hydrogen-bond acceptors (Lipinski definition) is 5. The molecule has 10 heteroatoms. The van der Waals surface area contributed by atoms with Crippen molar-refractivity contribution in [1.82, 2.24) is 24.8 Å². The number of carbonyl (C=O) groups excluding carboxylic acids is 1. The van der Waals surface area contributed by atoms with Gasteiger partial charge in [0, 0.05) is 54.4 Å². The lowest BCUT2D eigenvalue weighted by molar-refractivity contribution is -0.127. The number of likely N-dealkylation sites (tertiary alicyclic amines) is 1. The average molecular weight is 537 g/mol. The maximum atomic E-state index is 12.3. The fourth-order valence-electron chi connectivity index (χ4n) is 5.78. The molecule has 2 amide bonds. The van der Waals surface area contributed by atoms with Gasteiger partial charge in [-0.15, -0.1) is 0 Å². The van der Waals surface area contributed by atoms with Crippen LogP contribution in [0.2, 0.25) is 5.02 Å². The van der Waals surface area contributed by atoms with E-state index in [1.54, 1.807) is 16.0 Å². The highest BCUT2D eigenvalue weighted by Gasteiger charge is 2.33. The molecule has 1 saturated carbocycles. The molecule has 0 bridgehead atoms. The van der Waals surface area contributed by atoms with Crippen LogP contribution in [-0.2, 0) is 4.79 Å². The zero-order valence-corrected chi connectivity index (χ0v) is 22.0. The third-order valence-corrected chi connectivity index (χ3v) is 8.09. The normalized spacial score (nSPS) is 20.3. The van der Waals surface area contributed by atoms with Crippen molar-refractivity contribution >= 4 is 40.5 Å². The highest BCUT2D eigenvalue weighted by molar-refractivity contribution is 6.33. The summed E-state index contributed by atoms with van der Waals surface area (Å²) in [6.07, 6.45) is 8.93. The fourth-order valence-corrected chi connectivity index (χ4v) is 5.97. The second kappa shape index (κ2) is 11.4. The van der Waals surface area contributed by atoms with E-state index in [2.05, 4.69) is 21.9 Å². The lowest BCUT2D eigenvalue weighted by atomic mass is 9.88. The summed E-state index contributed by atoms with van der Waals surface area (Å²) < 4.78 is 0. The lowest BCUT2D eigenvalue weighted by Crippen LogP contribution is -2.48. The average Bonchev–Trinajstić information content (AvgIpc) is 3.36. The number of nitrogens with zero attached hydrogens (tertiary/aromatic N) is 4. The van der Waals surface area contributed by atoms with Crippen LogP contribution in [0, 0.1) is 5.92 Å². The van der Waals surface area contributed by atoms with Gasteiger partial charge in [-0.2, -0.15) is 0 Å². The molecule has 5 rings (SSSR count). The maximum absolute atomic E-state index is 12.3. The molecular formula is C28H33ClN6O3. The Morgan fingerprint density at radius 2 is 2.03 bits per heavy atom. The zero-order valence-electron chi connectivity index (χ0n) is 21.3. The number of nitrogens with one attached hydrogen (secondary N) is 2. The minimum atomic E-state index is -0.885. The van der Waals surface area contributed by atoms with E-state index < -0.39 is 6.09 Å². The van der Waals surface area contributed by atoms with Crippen molar-refractivity contribution in [3.63, 3.8) is 0 Å². The lowest BCUT2D eigenvalue weighted by Gasteiger charge is -2.39. The summed E-state index contributed by atoms with van der Waals surface area (Å²) in [4.78, 5) is 40.0. The van der Waals surface area contributed by atoms with E-state index in [4.69, 9.17) is 16.6 Å². The summed E-state index contributed by atoms with van der Waals surface area (Å²) in [5, 5.41) is 15.0. The Labute approximate surface area is 226 Å². The van der Waals surface area contributed by atoms with Gasteiger partial charge >= 0.3 is 6.09 Å². The summed E-state index contributed by atoms with van der Waals surface area (Å²) >= 11 is 6.49. The SMILES string of the molecule is C=CC(=O)N1CCC(CN(C(=O)O)[C@H]2CCC[C@@H](Nc3ncc(Cl)c(-c4c[nH]c5ccccc45)n3)C2)CC1. The molecule has 1 aromatic carbocycles. The van der Waals surface area contributed by atoms with E-state index in [9.17, 15) is 14.7 Å². The molecule has 2 atom stereocenters. The predicted molar refractivity (Wildman–Crippen MR) is 148 cm³/mol. The van der Waals surface area contributed by atoms with Gasteiger partial charge in [-0.1, -0.05) is 36.4 Å². The molecule has 0 spiro atoms. The predicted octanol–water partition coefficient (Wildman–Crippen LogP) is 5.41. The van der Waals surface area contributed by atoms with Gasteiger partial charge in [0.1, 0.15) is 0 Å². The molecule has 0 radical (unpaired) electrons. The number of hydrogen-bond donors (Lipinski definition) is 3. The third kappa shape index (κ3) is 5.62. The van der Waals surface area contributed by atoms with Crippen LogP contribution in [0.4, 0.5) is 10.7 Å². The molecule has 200 valence electrons. The first-order valence-corrected chi connectivity index (χ1v) is 13.6. The summed E-state index contributed by atoms with van der Waals surface area (Å²) in [6.45, 7) is 5.34. The molecule has 1 aliphatic heterocycles.